The van der Waals surface area contributed by atoms with Gasteiger partial charge in [-0.1, -0.05) is 5.16 Å². The molecule has 1 N–H and O–H groups in total. The maximum absolute atomic E-state index is 4.88. The van der Waals surface area contributed by atoms with Gasteiger partial charge in [0, 0.05) is 28.8 Å². The van der Waals surface area contributed by atoms with Gasteiger partial charge in [-0.15, -0.1) is 0 Å². The van der Waals surface area contributed by atoms with Crippen molar-refractivity contribution >= 4 is 22.6 Å². The molecule has 5 nitrogen and oxygen atoms in total. The van der Waals surface area contributed by atoms with E-state index in [1.54, 1.807) is 12.4 Å². The summed E-state index contributed by atoms with van der Waals surface area (Å²) in [6.07, 6.45) is 3.33. The number of H-pyrrole nitrogens is 1. The van der Waals surface area contributed by atoms with Crippen LogP contribution in [0.4, 0.5) is 0 Å². The number of halogens is 1. The zero-order chi connectivity index (χ0) is 7.68. The van der Waals surface area contributed by atoms with Gasteiger partial charge in [0.25, 0.3) is 5.89 Å². The first-order valence-corrected chi connectivity index (χ1v) is 3.92. The van der Waals surface area contributed by atoms with Crippen LogP contribution in [0.15, 0.2) is 16.9 Å². The zero-order valence-electron chi connectivity index (χ0n) is 5.28. The second-order valence-electron chi connectivity index (χ2n) is 1.86. The van der Waals surface area contributed by atoms with Gasteiger partial charge >= 0.3 is 0 Å². The maximum atomic E-state index is 4.88. The number of nitrogens with zero attached hydrogens (tertiary/aromatic N) is 3. The highest BCUT2D eigenvalue weighted by Crippen LogP contribution is 2.14. The van der Waals surface area contributed by atoms with Crippen molar-refractivity contribution in [2.45, 2.75) is 0 Å². The monoisotopic (exact) mass is 262 g/mol. The lowest BCUT2D eigenvalue weighted by Crippen LogP contribution is -1.72. The molecule has 0 aliphatic heterocycles. The standard InChI is InChI=1S/C5H3IN4O/c6-5-9-4(11-10-5)3-1-7-8-2-3/h1-2H,(H,7,8). The lowest BCUT2D eigenvalue weighted by atomic mass is 10.4. The third-order valence-electron chi connectivity index (χ3n) is 1.15. The first-order chi connectivity index (χ1) is 5.36. The Hall–Kier alpha value is -0.920. The van der Waals surface area contributed by atoms with E-state index >= 15 is 0 Å². The largest absolute Gasteiger partial charge is 0.333 e. The molecule has 0 saturated carbocycles. The molecule has 0 bridgehead atoms. The highest BCUT2D eigenvalue weighted by molar-refractivity contribution is 14.1. The van der Waals surface area contributed by atoms with E-state index in [-0.39, 0.29) is 0 Å². The quantitative estimate of drug-likeness (QED) is 0.780. The summed E-state index contributed by atoms with van der Waals surface area (Å²) in [6.45, 7) is 0. The summed E-state index contributed by atoms with van der Waals surface area (Å²) in [4.78, 5) is 4.00. The lowest BCUT2D eigenvalue weighted by molar-refractivity contribution is 0.426. The fourth-order valence-corrected chi connectivity index (χ4v) is 1.01. The lowest BCUT2D eigenvalue weighted by Gasteiger charge is -1.79. The van der Waals surface area contributed by atoms with Crippen molar-refractivity contribution in [2.75, 3.05) is 0 Å². The van der Waals surface area contributed by atoms with Crippen molar-refractivity contribution in [2.24, 2.45) is 0 Å². The van der Waals surface area contributed by atoms with Crippen LogP contribution in [-0.2, 0) is 0 Å². The topological polar surface area (TPSA) is 67.6 Å². The minimum atomic E-state index is 0.489. The van der Waals surface area contributed by atoms with Crippen LogP contribution in [-0.4, -0.2) is 20.3 Å². The summed E-state index contributed by atoms with van der Waals surface area (Å²) >= 11 is 1.98. The average Bonchev–Trinajstić information content (AvgIpc) is 2.55. The van der Waals surface area contributed by atoms with Gasteiger partial charge < -0.3 is 4.52 Å². The van der Waals surface area contributed by atoms with Crippen LogP contribution in [0.5, 0.6) is 0 Å². The third-order valence-corrected chi connectivity index (χ3v) is 1.58. The van der Waals surface area contributed by atoms with Gasteiger partial charge in [0.05, 0.1) is 11.8 Å². The SMILES string of the molecule is Ic1noc(-c2cn[nH]c2)n1. The van der Waals surface area contributed by atoms with Gasteiger partial charge in [-0.25, -0.2) is 0 Å². The summed E-state index contributed by atoms with van der Waals surface area (Å²) in [5.74, 6) is 0.489. The molecule has 0 saturated heterocycles. The van der Waals surface area contributed by atoms with Gasteiger partial charge in [0.2, 0.25) is 3.83 Å². The van der Waals surface area contributed by atoms with Crippen molar-refractivity contribution in [1.29, 1.82) is 0 Å². The smallest absolute Gasteiger partial charge is 0.261 e. The fraction of sp³-hybridized carbons (Fsp3) is 0. The van der Waals surface area contributed by atoms with Gasteiger partial charge in [0.1, 0.15) is 0 Å². The average molecular weight is 262 g/mol. The molecule has 0 aliphatic carbocycles. The fourth-order valence-electron chi connectivity index (χ4n) is 0.691. The van der Waals surface area contributed by atoms with Crippen LogP contribution in [0.3, 0.4) is 0 Å². The van der Waals surface area contributed by atoms with E-state index in [4.69, 9.17) is 4.52 Å². The molecule has 0 aromatic carbocycles. The minimum Gasteiger partial charge on any atom is -0.333 e. The highest BCUT2D eigenvalue weighted by Gasteiger charge is 2.06. The normalized spacial score (nSPS) is 10.3. The van der Waals surface area contributed by atoms with E-state index < -0.39 is 0 Å². The number of aromatic nitrogens is 4. The Balaban J connectivity index is 2.45. The molecule has 11 heavy (non-hydrogen) atoms. The molecule has 0 atom stereocenters. The van der Waals surface area contributed by atoms with Crippen LogP contribution < -0.4 is 0 Å². The zero-order valence-corrected chi connectivity index (χ0v) is 7.44. The Morgan fingerprint density at radius 1 is 1.55 bits per heavy atom. The number of nitrogens with one attached hydrogen (secondary N) is 1. The maximum Gasteiger partial charge on any atom is 0.261 e. The van der Waals surface area contributed by atoms with Crippen molar-refractivity contribution in [3.8, 4) is 11.5 Å². The summed E-state index contributed by atoms with van der Waals surface area (Å²) in [5.41, 5.74) is 0.806. The Labute approximate surface area is 75.3 Å². The first-order valence-electron chi connectivity index (χ1n) is 2.84. The summed E-state index contributed by atoms with van der Waals surface area (Å²) in [5, 5.41) is 10.0. The van der Waals surface area contributed by atoms with Gasteiger partial charge in [0.15, 0.2) is 0 Å². The first kappa shape index (κ1) is 6.77. The van der Waals surface area contributed by atoms with Crippen molar-refractivity contribution < 1.29 is 4.52 Å². The van der Waals surface area contributed by atoms with Crippen LogP contribution in [0.25, 0.3) is 11.5 Å². The molecular formula is C5H3IN4O. The molecule has 6 heteroatoms. The highest BCUT2D eigenvalue weighted by atomic mass is 127. The second-order valence-corrected chi connectivity index (χ2v) is 2.82. The molecule has 0 spiro atoms. The Morgan fingerprint density at radius 3 is 3.00 bits per heavy atom. The minimum absolute atomic E-state index is 0.489. The number of rotatable bonds is 1. The van der Waals surface area contributed by atoms with Gasteiger partial charge in [-0.05, 0) is 0 Å². The van der Waals surface area contributed by atoms with E-state index in [0.717, 1.165) is 5.56 Å². The van der Waals surface area contributed by atoms with E-state index in [2.05, 4.69) is 20.3 Å². The molecule has 0 radical (unpaired) electrons. The molecule has 0 unspecified atom stereocenters. The molecule has 2 rings (SSSR count). The molecule has 2 heterocycles. The molecule has 56 valence electrons. The second kappa shape index (κ2) is 2.61. The number of hydrogen-bond acceptors (Lipinski definition) is 4. The van der Waals surface area contributed by atoms with Crippen LogP contribution in [0.2, 0.25) is 0 Å². The van der Waals surface area contributed by atoms with E-state index in [1.807, 2.05) is 22.6 Å². The van der Waals surface area contributed by atoms with Crippen LogP contribution in [0, 0.1) is 3.83 Å². The van der Waals surface area contributed by atoms with Crippen molar-refractivity contribution in [3.63, 3.8) is 0 Å². The van der Waals surface area contributed by atoms with Gasteiger partial charge in [-0.3, -0.25) is 5.10 Å². The summed E-state index contributed by atoms with van der Waals surface area (Å²) < 4.78 is 5.48. The summed E-state index contributed by atoms with van der Waals surface area (Å²) in [7, 11) is 0. The predicted octanol–water partition coefficient (Wildman–Crippen LogP) is 1.06. The Morgan fingerprint density at radius 2 is 2.45 bits per heavy atom. The number of hydrogen-bond donors (Lipinski definition) is 1. The number of aromatic amines is 1. The van der Waals surface area contributed by atoms with Crippen LogP contribution in [0.1, 0.15) is 0 Å². The molecule has 2 aromatic heterocycles. The van der Waals surface area contributed by atoms with Crippen molar-refractivity contribution in [3.05, 3.63) is 16.2 Å². The van der Waals surface area contributed by atoms with E-state index in [1.165, 1.54) is 0 Å². The molecular weight excluding hydrogens is 259 g/mol. The van der Waals surface area contributed by atoms with E-state index in [9.17, 15) is 0 Å². The summed E-state index contributed by atoms with van der Waals surface area (Å²) in [6, 6.07) is 0. The molecule has 2 aromatic rings. The Kier molecular flexibility index (Phi) is 1.60. The van der Waals surface area contributed by atoms with Gasteiger partial charge in [-0.2, -0.15) is 10.1 Å². The van der Waals surface area contributed by atoms with E-state index in [0.29, 0.717) is 9.72 Å². The molecule has 0 fully saturated rings. The molecule has 0 aliphatic rings. The van der Waals surface area contributed by atoms with Crippen LogP contribution >= 0.6 is 22.6 Å². The molecule has 0 amide bonds. The van der Waals surface area contributed by atoms with Crippen molar-refractivity contribution in [1.82, 2.24) is 20.3 Å². The third kappa shape index (κ3) is 1.25. The Bertz CT molecular complexity index is 341. The predicted molar refractivity (Wildman–Crippen MR) is 44.6 cm³/mol.